The number of aliphatic carboxylic acids is 1. The van der Waals surface area contributed by atoms with Crippen LogP contribution in [-0.2, 0) is 9.59 Å². The Kier molecular flexibility index (Phi) is 5.71. The number of hydrogen-bond acceptors (Lipinski definition) is 3. The Bertz CT molecular complexity index is 545. The van der Waals surface area contributed by atoms with Crippen LogP contribution in [0.2, 0.25) is 0 Å². The number of benzene rings is 1. The van der Waals surface area contributed by atoms with E-state index in [2.05, 4.69) is 5.32 Å². The monoisotopic (exact) mass is 293 g/mol. The highest BCUT2D eigenvalue weighted by Gasteiger charge is 2.24. The standard InChI is InChI=1S/C14H19N3O4/c1-3-17(10-6-4-5-9(2)7-10)14(21)16-11(13(19)20)8-12(15)18/h4-7,11H,3,8H2,1-2H3,(H2,15,18)(H,16,21)(H,19,20). The second-order valence-electron chi connectivity index (χ2n) is 4.59. The Balaban J connectivity index is 2.88. The molecule has 0 spiro atoms. The van der Waals surface area contributed by atoms with E-state index in [0.717, 1.165) is 5.56 Å². The number of anilines is 1. The molecule has 7 nitrogen and oxygen atoms in total. The number of hydrogen-bond donors (Lipinski definition) is 3. The molecule has 0 aromatic heterocycles. The van der Waals surface area contributed by atoms with Gasteiger partial charge >= 0.3 is 12.0 Å². The quantitative estimate of drug-likeness (QED) is 0.722. The number of primary amides is 1. The minimum absolute atomic E-state index is 0.359. The number of aryl methyl sites for hydroxylation is 1. The molecule has 114 valence electrons. The summed E-state index contributed by atoms with van der Waals surface area (Å²) in [6.45, 7) is 4.02. The van der Waals surface area contributed by atoms with Crippen molar-refractivity contribution in [3.63, 3.8) is 0 Å². The number of carboxylic acids is 1. The van der Waals surface area contributed by atoms with Gasteiger partial charge in [0.1, 0.15) is 6.04 Å². The maximum Gasteiger partial charge on any atom is 0.326 e. The average Bonchev–Trinajstić information content (AvgIpc) is 2.38. The SMILES string of the molecule is CCN(C(=O)NC(CC(N)=O)C(=O)O)c1cccc(C)c1. The lowest BCUT2D eigenvalue weighted by molar-refractivity contribution is -0.140. The Hall–Kier alpha value is -2.57. The highest BCUT2D eigenvalue weighted by Crippen LogP contribution is 2.16. The summed E-state index contributed by atoms with van der Waals surface area (Å²) in [5.74, 6) is -2.09. The lowest BCUT2D eigenvalue weighted by Gasteiger charge is -2.24. The lowest BCUT2D eigenvalue weighted by atomic mass is 10.2. The van der Waals surface area contributed by atoms with Crippen LogP contribution < -0.4 is 16.0 Å². The number of carboxylic acid groups (broad SMARTS) is 1. The number of nitrogens with two attached hydrogens (primary N) is 1. The van der Waals surface area contributed by atoms with Gasteiger partial charge in [0.15, 0.2) is 0 Å². The maximum absolute atomic E-state index is 12.2. The van der Waals surface area contributed by atoms with Crippen LogP contribution in [0, 0.1) is 6.92 Å². The normalized spacial score (nSPS) is 11.5. The number of urea groups is 1. The molecule has 0 fully saturated rings. The van der Waals surface area contributed by atoms with Crippen LogP contribution in [0.1, 0.15) is 18.9 Å². The van der Waals surface area contributed by atoms with E-state index in [1.807, 2.05) is 19.1 Å². The number of carbonyl (C=O) groups excluding carboxylic acids is 2. The number of rotatable bonds is 6. The number of nitrogens with one attached hydrogen (secondary N) is 1. The molecule has 3 amide bonds. The smallest absolute Gasteiger partial charge is 0.326 e. The van der Waals surface area contributed by atoms with Crippen molar-refractivity contribution in [2.24, 2.45) is 5.73 Å². The van der Waals surface area contributed by atoms with Crippen LogP contribution in [-0.4, -0.2) is 35.6 Å². The van der Waals surface area contributed by atoms with E-state index < -0.39 is 30.4 Å². The molecule has 0 bridgehead atoms. The zero-order valence-electron chi connectivity index (χ0n) is 12.0. The predicted octanol–water partition coefficient (Wildman–Crippen LogP) is 0.860. The highest BCUT2D eigenvalue weighted by molar-refractivity contribution is 5.95. The van der Waals surface area contributed by atoms with Crippen molar-refractivity contribution in [1.29, 1.82) is 0 Å². The van der Waals surface area contributed by atoms with Crippen molar-refractivity contribution in [1.82, 2.24) is 5.32 Å². The van der Waals surface area contributed by atoms with Crippen LogP contribution in [0.4, 0.5) is 10.5 Å². The molecular weight excluding hydrogens is 274 g/mol. The first-order chi connectivity index (χ1) is 9.85. The summed E-state index contributed by atoms with van der Waals surface area (Å²) < 4.78 is 0. The molecule has 0 heterocycles. The molecule has 21 heavy (non-hydrogen) atoms. The number of carbonyl (C=O) groups is 3. The number of nitrogens with zero attached hydrogens (tertiary/aromatic N) is 1. The molecule has 1 aromatic carbocycles. The van der Waals surface area contributed by atoms with Crippen molar-refractivity contribution in [3.05, 3.63) is 29.8 Å². The molecule has 0 aliphatic rings. The van der Waals surface area contributed by atoms with Crippen molar-refractivity contribution >= 4 is 23.6 Å². The van der Waals surface area contributed by atoms with Gasteiger partial charge in [-0.1, -0.05) is 12.1 Å². The van der Waals surface area contributed by atoms with Gasteiger partial charge in [0.2, 0.25) is 5.91 Å². The van der Waals surface area contributed by atoms with Crippen LogP contribution >= 0.6 is 0 Å². The summed E-state index contributed by atoms with van der Waals surface area (Å²) in [5, 5.41) is 11.3. The molecular formula is C14H19N3O4. The molecule has 0 saturated carbocycles. The van der Waals surface area contributed by atoms with Gasteiger partial charge in [0, 0.05) is 12.2 Å². The van der Waals surface area contributed by atoms with Gasteiger partial charge < -0.3 is 16.2 Å². The van der Waals surface area contributed by atoms with Crippen LogP contribution in [0.25, 0.3) is 0 Å². The molecule has 0 radical (unpaired) electrons. The molecule has 0 aliphatic heterocycles. The molecule has 1 rings (SSSR count). The van der Waals surface area contributed by atoms with Gasteiger partial charge in [0.05, 0.1) is 6.42 Å². The van der Waals surface area contributed by atoms with E-state index in [1.165, 1.54) is 4.90 Å². The topological polar surface area (TPSA) is 113 Å². The minimum Gasteiger partial charge on any atom is -0.480 e. The molecule has 1 aromatic rings. The lowest BCUT2D eigenvalue weighted by Crippen LogP contribution is -2.49. The molecule has 0 saturated heterocycles. The minimum atomic E-state index is -1.34. The summed E-state index contributed by atoms with van der Waals surface area (Å²) in [4.78, 5) is 35.4. The number of amides is 3. The summed E-state index contributed by atoms with van der Waals surface area (Å²) in [6, 6.07) is 5.33. The first-order valence-corrected chi connectivity index (χ1v) is 6.51. The fourth-order valence-corrected chi connectivity index (χ4v) is 1.87. The Morgan fingerprint density at radius 1 is 1.38 bits per heavy atom. The fraction of sp³-hybridized carbons (Fsp3) is 0.357. The van der Waals surface area contributed by atoms with Gasteiger partial charge in [-0.3, -0.25) is 9.69 Å². The second kappa shape index (κ2) is 7.28. The first-order valence-electron chi connectivity index (χ1n) is 6.51. The van der Waals surface area contributed by atoms with Crippen LogP contribution in [0.5, 0.6) is 0 Å². The van der Waals surface area contributed by atoms with Gasteiger partial charge in [-0.05, 0) is 31.5 Å². The van der Waals surface area contributed by atoms with Crippen molar-refractivity contribution < 1.29 is 19.5 Å². The largest absolute Gasteiger partial charge is 0.480 e. The predicted molar refractivity (Wildman–Crippen MR) is 78.0 cm³/mol. The molecule has 4 N–H and O–H groups in total. The van der Waals surface area contributed by atoms with Gasteiger partial charge in [-0.25, -0.2) is 9.59 Å². The van der Waals surface area contributed by atoms with Crippen molar-refractivity contribution in [2.75, 3.05) is 11.4 Å². The second-order valence-corrected chi connectivity index (χ2v) is 4.59. The van der Waals surface area contributed by atoms with Crippen LogP contribution in [0.3, 0.4) is 0 Å². The summed E-state index contributed by atoms with van der Waals surface area (Å²) >= 11 is 0. The molecule has 1 atom stereocenters. The first kappa shape index (κ1) is 16.5. The molecule has 1 unspecified atom stereocenters. The van der Waals surface area contributed by atoms with E-state index in [4.69, 9.17) is 10.8 Å². The Morgan fingerprint density at radius 3 is 2.52 bits per heavy atom. The van der Waals surface area contributed by atoms with Crippen molar-refractivity contribution in [2.45, 2.75) is 26.3 Å². The molecule has 7 heteroatoms. The zero-order chi connectivity index (χ0) is 16.0. The van der Waals surface area contributed by atoms with E-state index >= 15 is 0 Å². The molecule has 0 aliphatic carbocycles. The van der Waals surface area contributed by atoms with Gasteiger partial charge in [0.25, 0.3) is 0 Å². The average molecular weight is 293 g/mol. The summed E-state index contributed by atoms with van der Waals surface area (Å²) in [6.07, 6.45) is -0.452. The third-order valence-electron chi connectivity index (χ3n) is 2.88. The van der Waals surface area contributed by atoms with E-state index in [1.54, 1.807) is 19.1 Å². The maximum atomic E-state index is 12.2. The van der Waals surface area contributed by atoms with E-state index in [0.29, 0.717) is 12.2 Å². The highest BCUT2D eigenvalue weighted by atomic mass is 16.4. The fourth-order valence-electron chi connectivity index (χ4n) is 1.87. The Labute approximate surface area is 122 Å². The van der Waals surface area contributed by atoms with E-state index in [9.17, 15) is 14.4 Å². The van der Waals surface area contributed by atoms with Gasteiger partial charge in [-0.15, -0.1) is 0 Å². The zero-order valence-corrected chi connectivity index (χ0v) is 12.0. The Morgan fingerprint density at radius 2 is 2.05 bits per heavy atom. The summed E-state index contributed by atoms with van der Waals surface area (Å²) in [5.41, 5.74) is 6.61. The summed E-state index contributed by atoms with van der Waals surface area (Å²) in [7, 11) is 0. The van der Waals surface area contributed by atoms with E-state index in [-0.39, 0.29) is 0 Å². The van der Waals surface area contributed by atoms with Crippen LogP contribution in [0.15, 0.2) is 24.3 Å². The third kappa shape index (κ3) is 4.79. The van der Waals surface area contributed by atoms with Gasteiger partial charge in [-0.2, -0.15) is 0 Å². The van der Waals surface area contributed by atoms with Crippen molar-refractivity contribution in [3.8, 4) is 0 Å². The third-order valence-corrected chi connectivity index (χ3v) is 2.88.